The highest BCUT2D eigenvalue weighted by atomic mass is 32.1. The molecule has 0 saturated heterocycles. The van der Waals surface area contributed by atoms with Gasteiger partial charge in [-0.05, 0) is 24.3 Å². The largest absolute Gasteiger partial charge is 0.461 e. The molecule has 7 heteroatoms. The van der Waals surface area contributed by atoms with Gasteiger partial charge in [-0.3, -0.25) is 9.59 Å². The molecule has 0 saturated carbocycles. The molecule has 4 aromatic rings. The highest BCUT2D eigenvalue weighted by molar-refractivity contribution is 7.18. The molecule has 0 atom stereocenters. The maximum Gasteiger partial charge on any atom is 0.281 e. The second-order valence-corrected chi connectivity index (χ2v) is 5.30. The fourth-order valence-electron chi connectivity index (χ4n) is 2.10. The van der Waals surface area contributed by atoms with Crippen molar-refractivity contribution >= 4 is 33.0 Å². The van der Waals surface area contributed by atoms with E-state index in [-0.39, 0.29) is 22.1 Å². The van der Waals surface area contributed by atoms with Gasteiger partial charge < -0.3 is 4.42 Å². The van der Waals surface area contributed by atoms with Crippen molar-refractivity contribution in [3.05, 3.63) is 63.8 Å². The zero-order chi connectivity index (χ0) is 14.4. The van der Waals surface area contributed by atoms with Gasteiger partial charge in [0.25, 0.3) is 11.3 Å². The molecule has 0 radical (unpaired) electrons. The fourth-order valence-corrected chi connectivity index (χ4v) is 2.94. The molecule has 3 heterocycles. The first kappa shape index (κ1) is 12.0. The average molecular weight is 297 g/mol. The summed E-state index contributed by atoms with van der Waals surface area (Å²) < 4.78 is 6.59. The molecule has 6 nitrogen and oxygen atoms in total. The molecule has 3 aromatic heterocycles. The van der Waals surface area contributed by atoms with Crippen molar-refractivity contribution in [3.8, 4) is 0 Å². The molecular weight excluding hydrogens is 290 g/mol. The zero-order valence-corrected chi connectivity index (χ0v) is 11.3. The summed E-state index contributed by atoms with van der Waals surface area (Å²) in [6.07, 6.45) is 1.43. The van der Waals surface area contributed by atoms with Crippen molar-refractivity contribution in [1.82, 2.24) is 14.6 Å². The summed E-state index contributed by atoms with van der Waals surface area (Å²) in [7, 11) is 0. The van der Waals surface area contributed by atoms with E-state index in [1.54, 1.807) is 30.3 Å². The highest BCUT2D eigenvalue weighted by Crippen LogP contribution is 2.19. The quantitative estimate of drug-likeness (QED) is 0.530. The molecule has 21 heavy (non-hydrogen) atoms. The molecule has 0 unspecified atom stereocenters. The van der Waals surface area contributed by atoms with Gasteiger partial charge in [0, 0.05) is 0 Å². The van der Waals surface area contributed by atoms with E-state index in [9.17, 15) is 9.59 Å². The molecule has 0 aliphatic heterocycles. The van der Waals surface area contributed by atoms with E-state index in [4.69, 9.17) is 4.42 Å². The molecule has 0 fully saturated rings. The Morgan fingerprint density at radius 1 is 1.19 bits per heavy atom. The van der Waals surface area contributed by atoms with Crippen LogP contribution in [0.3, 0.4) is 0 Å². The van der Waals surface area contributed by atoms with Crippen molar-refractivity contribution in [2.45, 2.75) is 0 Å². The number of benzene rings is 1. The smallest absolute Gasteiger partial charge is 0.281 e. The number of furan rings is 1. The van der Waals surface area contributed by atoms with E-state index < -0.39 is 0 Å². The lowest BCUT2D eigenvalue weighted by Gasteiger charge is -1.97. The van der Waals surface area contributed by atoms with Gasteiger partial charge in [0.15, 0.2) is 10.8 Å². The van der Waals surface area contributed by atoms with Crippen LogP contribution in [0.4, 0.5) is 0 Å². The van der Waals surface area contributed by atoms with Crippen LogP contribution >= 0.6 is 11.3 Å². The minimum absolute atomic E-state index is 0.210. The maximum atomic E-state index is 12.2. The minimum Gasteiger partial charge on any atom is -0.461 e. The Morgan fingerprint density at radius 2 is 2.05 bits per heavy atom. The first-order chi connectivity index (χ1) is 10.2. The van der Waals surface area contributed by atoms with Gasteiger partial charge in [-0.1, -0.05) is 23.5 Å². The van der Waals surface area contributed by atoms with Crippen molar-refractivity contribution in [3.63, 3.8) is 0 Å². The van der Waals surface area contributed by atoms with Crippen LogP contribution in [0.15, 0.2) is 51.9 Å². The van der Waals surface area contributed by atoms with E-state index >= 15 is 0 Å². The Labute approximate surface area is 121 Å². The van der Waals surface area contributed by atoms with Crippen molar-refractivity contribution in [2.75, 3.05) is 0 Å². The van der Waals surface area contributed by atoms with Crippen molar-refractivity contribution in [1.29, 1.82) is 0 Å². The predicted octanol–water partition coefficient (Wildman–Crippen LogP) is 2.13. The van der Waals surface area contributed by atoms with Crippen molar-refractivity contribution in [2.24, 2.45) is 0 Å². The molecule has 0 amide bonds. The molecular formula is C14H7N3O3S. The number of carbonyl (C=O) groups excluding carboxylic acids is 1. The Hall–Kier alpha value is -2.80. The van der Waals surface area contributed by atoms with Crippen LogP contribution in [0.2, 0.25) is 0 Å². The van der Waals surface area contributed by atoms with Gasteiger partial charge >= 0.3 is 0 Å². The Bertz CT molecular complexity index is 1030. The molecule has 0 bridgehead atoms. The average Bonchev–Trinajstić information content (AvgIpc) is 3.16. The predicted molar refractivity (Wildman–Crippen MR) is 76.8 cm³/mol. The number of fused-ring (bicyclic) bond motifs is 3. The number of ketones is 1. The summed E-state index contributed by atoms with van der Waals surface area (Å²) in [6, 6.07) is 10.2. The van der Waals surface area contributed by atoms with Gasteiger partial charge in [0.1, 0.15) is 0 Å². The first-order valence-corrected chi connectivity index (χ1v) is 6.92. The normalized spacial score (nSPS) is 11.2. The first-order valence-electron chi connectivity index (χ1n) is 6.11. The van der Waals surface area contributed by atoms with Crippen LogP contribution in [0.5, 0.6) is 0 Å². The monoisotopic (exact) mass is 297 g/mol. The number of hydrogen-bond donors (Lipinski definition) is 0. The van der Waals surface area contributed by atoms with Crippen LogP contribution in [0.1, 0.15) is 15.6 Å². The van der Waals surface area contributed by atoms with Gasteiger partial charge in [0.05, 0.1) is 17.2 Å². The molecule has 0 aliphatic rings. The minimum atomic E-state index is -0.328. The number of nitrogens with zero attached hydrogens (tertiary/aromatic N) is 3. The SMILES string of the molecule is O=C(c1ccco1)c1nn2c(nc(=O)c3ccccc32)s1. The summed E-state index contributed by atoms with van der Waals surface area (Å²) in [5.41, 5.74) is 0.300. The van der Waals surface area contributed by atoms with Crippen LogP contribution < -0.4 is 5.56 Å². The lowest BCUT2D eigenvalue weighted by atomic mass is 10.2. The lowest BCUT2D eigenvalue weighted by molar-refractivity contribution is 0.101. The Morgan fingerprint density at radius 3 is 2.86 bits per heavy atom. The zero-order valence-electron chi connectivity index (χ0n) is 10.5. The van der Waals surface area contributed by atoms with Crippen molar-refractivity contribution < 1.29 is 9.21 Å². The Kier molecular flexibility index (Phi) is 2.48. The number of para-hydroxylation sites is 1. The second kappa shape index (κ2) is 4.35. The summed E-state index contributed by atoms with van der Waals surface area (Å²) >= 11 is 1.06. The second-order valence-electron chi connectivity index (χ2n) is 4.34. The lowest BCUT2D eigenvalue weighted by Crippen LogP contribution is -2.09. The standard InChI is InChI=1S/C14H7N3O3S/c18-11(10-6-3-7-20-10)13-16-17-9-5-2-1-4-8(9)12(19)15-14(17)21-13/h1-7H. The van der Waals surface area contributed by atoms with E-state index in [2.05, 4.69) is 10.1 Å². The van der Waals surface area contributed by atoms with E-state index in [1.807, 2.05) is 6.07 Å². The third kappa shape index (κ3) is 1.78. The third-order valence-electron chi connectivity index (χ3n) is 3.06. The summed E-state index contributed by atoms with van der Waals surface area (Å²) in [5, 5.41) is 4.96. The van der Waals surface area contributed by atoms with E-state index in [0.29, 0.717) is 15.9 Å². The fraction of sp³-hybridized carbons (Fsp3) is 0. The highest BCUT2D eigenvalue weighted by Gasteiger charge is 2.19. The molecule has 102 valence electrons. The van der Waals surface area contributed by atoms with Crippen LogP contribution in [0.25, 0.3) is 15.9 Å². The molecule has 4 rings (SSSR count). The molecule has 0 N–H and O–H groups in total. The van der Waals surface area contributed by atoms with E-state index in [0.717, 1.165) is 11.3 Å². The summed E-state index contributed by atoms with van der Waals surface area (Å²) in [6.45, 7) is 0. The number of carbonyl (C=O) groups is 1. The molecule has 1 aromatic carbocycles. The summed E-state index contributed by atoms with van der Waals surface area (Å²) in [4.78, 5) is 28.5. The van der Waals surface area contributed by atoms with Crippen LogP contribution in [-0.2, 0) is 0 Å². The van der Waals surface area contributed by atoms with Gasteiger partial charge in [0.2, 0.25) is 4.96 Å². The Balaban J connectivity index is 2.00. The van der Waals surface area contributed by atoms with Crippen LogP contribution in [-0.4, -0.2) is 20.4 Å². The number of rotatable bonds is 2. The van der Waals surface area contributed by atoms with Gasteiger partial charge in [-0.2, -0.15) is 10.1 Å². The van der Waals surface area contributed by atoms with Gasteiger partial charge in [-0.25, -0.2) is 4.52 Å². The third-order valence-corrected chi connectivity index (χ3v) is 3.97. The number of aromatic nitrogens is 3. The summed E-state index contributed by atoms with van der Waals surface area (Å²) in [5.74, 6) is -0.117. The maximum absolute atomic E-state index is 12.2. The van der Waals surface area contributed by atoms with Crippen LogP contribution in [0, 0.1) is 0 Å². The topological polar surface area (TPSA) is 77.5 Å². The van der Waals surface area contributed by atoms with Gasteiger partial charge in [-0.15, -0.1) is 0 Å². The van der Waals surface area contributed by atoms with E-state index in [1.165, 1.54) is 10.8 Å². The molecule has 0 aliphatic carbocycles. The number of hydrogen-bond acceptors (Lipinski definition) is 6. The molecule has 0 spiro atoms.